The Kier molecular flexibility index (Phi) is 13.0. The summed E-state index contributed by atoms with van der Waals surface area (Å²) in [6.45, 7) is 8.01. The molecule has 8 aromatic rings. The minimum absolute atomic E-state index is 0.0682. The fraction of sp³-hybridized carbons (Fsp3) is 0.163. The van der Waals surface area contributed by atoms with Gasteiger partial charge in [0.15, 0.2) is 0 Å². The Morgan fingerprint density at radius 3 is 1.38 bits per heavy atom. The SMILES string of the molecule is CCNc1cc2oc(=O)cc(C(F)(F)F)c2cc1C.Cc1cc(=N)oc2cc(N)ccc12.Cc1cc(=O)oc2cc(N)ccc12.Nc1ccc2c(C(F)(F)F)cc(=O)oc2c1. The van der Waals surface area contributed by atoms with Crippen LogP contribution in [0, 0.1) is 26.2 Å². The minimum Gasteiger partial charge on any atom is -0.439 e. The van der Waals surface area contributed by atoms with E-state index in [9.17, 15) is 40.7 Å². The van der Waals surface area contributed by atoms with E-state index in [0.29, 0.717) is 52.5 Å². The smallest absolute Gasteiger partial charge is 0.417 e. The van der Waals surface area contributed by atoms with Crippen molar-refractivity contribution in [3.05, 3.63) is 156 Å². The van der Waals surface area contributed by atoms with Crippen molar-refractivity contribution in [3.63, 3.8) is 0 Å². The van der Waals surface area contributed by atoms with Crippen molar-refractivity contribution < 1.29 is 44.0 Å². The van der Waals surface area contributed by atoms with Crippen LogP contribution in [0.1, 0.15) is 34.7 Å². The van der Waals surface area contributed by atoms with Crippen LogP contribution in [0.2, 0.25) is 0 Å². The van der Waals surface area contributed by atoms with Gasteiger partial charge in [-0.3, -0.25) is 5.41 Å². The molecule has 4 aromatic heterocycles. The number of rotatable bonds is 2. The maximum atomic E-state index is 12.9. The molecule has 61 heavy (non-hydrogen) atoms. The van der Waals surface area contributed by atoms with E-state index in [4.69, 9.17) is 35.9 Å². The van der Waals surface area contributed by atoms with Gasteiger partial charge in [0.05, 0.1) is 11.1 Å². The Morgan fingerprint density at radius 2 is 0.902 bits per heavy atom. The van der Waals surface area contributed by atoms with Gasteiger partial charge >= 0.3 is 29.2 Å². The molecule has 12 nitrogen and oxygen atoms in total. The van der Waals surface area contributed by atoms with E-state index in [0.717, 1.165) is 21.9 Å². The maximum Gasteiger partial charge on any atom is 0.417 e. The molecule has 0 spiro atoms. The maximum absolute atomic E-state index is 12.9. The molecular weight excluding hydrogens is 812 g/mol. The lowest BCUT2D eigenvalue weighted by Gasteiger charge is -2.12. The van der Waals surface area contributed by atoms with Crippen molar-refractivity contribution in [2.45, 2.75) is 40.0 Å². The molecule has 0 unspecified atom stereocenters. The van der Waals surface area contributed by atoms with Crippen LogP contribution >= 0.6 is 0 Å². The van der Waals surface area contributed by atoms with Crippen molar-refractivity contribution in [1.82, 2.24) is 0 Å². The molecule has 8 N–H and O–H groups in total. The van der Waals surface area contributed by atoms with Gasteiger partial charge in [-0.15, -0.1) is 0 Å². The first-order chi connectivity index (χ1) is 28.5. The van der Waals surface area contributed by atoms with E-state index in [1.807, 2.05) is 39.0 Å². The highest BCUT2D eigenvalue weighted by molar-refractivity contribution is 5.86. The quantitative estimate of drug-likeness (QED) is 0.0627. The Bertz CT molecular complexity index is 3050. The van der Waals surface area contributed by atoms with Gasteiger partial charge < -0.3 is 40.2 Å². The van der Waals surface area contributed by atoms with E-state index < -0.39 is 34.7 Å². The molecule has 0 bridgehead atoms. The lowest BCUT2D eigenvalue weighted by atomic mass is 10.1. The predicted molar refractivity (Wildman–Crippen MR) is 221 cm³/mol. The topological polar surface area (TPSA) is 218 Å². The summed E-state index contributed by atoms with van der Waals surface area (Å²) in [6.07, 6.45) is -9.18. The Balaban J connectivity index is 0.000000156. The summed E-state index contributed by atoms with van der Waals surface area (Å²) in [5.41, 5.74) is 18.1. The molecule has 0 aliphatic rings. The first-order valence-electron chi connectivity index (χ1n) is 18.0. The van der Waals surface area contributed by atoms with Gasteiger partial charge in [-0.25, -0.2) is 14.4 Å². The molecule has 0 amide bonds. The van der Waals surface area contributed by atoms with Crippen molar-refractivity contribution in [2.24, 2.45) is 0 Å². The molecule has 18 heteroatoms. The molecule has 8 rings (SSSR count). The number of halogens is 6. The van der Waals surface area contributed by atoms with Crippen LogP contribution in [0.15, 0.2) is 123 Å². The van der Waals surface area contributed by atoms with Crippen molar-refractivity contribution in [1.29, 1.82) is 5.41 Å². The van der Waals surface area contributed by atoms with Crippen LogP contribution in [-0.2, 0) is 12.4 Å². The molecular formula is C43H37F6N5O7. The van der Waals surface area contributed by atoms with Gasteiger partial charge in [0, 0.05) is 99.4 Å². The second-order valence-corrected chi connectivity index (χ2v) is 13.5. The van der Waals surface area contributed by atoms with E-state index in [1.165, 1.54) is 36.4 Å². The molecule has 4 aromatic carbocycles. The number of hydrogen-bond acceptors (Lipinski definition) is 12. The van der Waals surface area contributed by atoms with Gasteiger partial charge in [-0.2, -0.15) is 26.3 Å². The van der Waals surface area contributed by atoms with E-state index >= 15 is 0 Å². The lowest BCUT2D eigenvalue weighted by molar-refractivity contribution is -0.137. The Morgan fingerprint density at radius 1 is 0.508 bits per heavy atom. The van der Waals surface area contributed by atoms with Crippen LogP contribution in [0.3, 0.4) is 0 Å². The third kappa shape index (κ3) is 11.0. The molecule has 0 aliphatic carbocycles. The zero-order chi connectivity index (χ0) is 45.0. The summed E-state index contributed by atoms with van der Waals surface area (Å²) in [7, 11) is 0. The zero-order valence-electron chi connectivity index (χ0n) is 32.7. The number of fused-ring (bicyclic) bond motifs is 4. The summed E-state index contributed by atoms with van der Waals surface area (Å²) in [6, 6.07) is 21.3. The fourth-order valence-corrected chi connectivity index (χ4v) is 6.06. The number of nitrogens with one attached hydrogen (secondary N) is 2. The van der Waals surface area contributed by atoms with Gasteiger partial charge in [-0.05, 0) is 86.8 Å². The molecule has 0 saturated heterocycles. The number of hydrogen-bond donors (Lipinski definition) is 5. The average Bonchev–Trinajstić information content (AvgIpc) is 3.14. The van der Waals surface area contributed by atoms with Crippen molar-refractivity contribution >= 4 is 66.6 Å². The van der Waals surface area contributed by atoms with Crippen molar-refractivity contribution in [3.8, 4) is 0 Å². The summed E-state index contributed by atoms with van der Waals surface area (Å²) in [5.74, 6) is 0. The third-order valence-electron chi connectivity index (χ3n) is 8.81. The first kappa shape index (κ1) is 44.6. The van der Waals surface area contributed by atoms with E-state index in [-0.39, 0.29) is 38.8 Å². The number of anilines is 4. The highest BCUT2D eigenvalue weighted by atomic mass is 19.4. The Hall–Kier alpha value is -7.50. The highest BCUT2D eigenvalue weighted by Crippen LogP contribution is 2.36. The van der Waals surface area contributed by atoms with Crippen LogP contribution < -0.4 is 44.9 Å². The lowest BCUT2D eigenvalue weighted by Crippen LogP contribution is -2.11. The summed E-state index contributed by atoms with van der Waals surface area (Å²) in [4.78, 5) is 33.2. The summed E-state index contributed by atoms with van der Waals surface area (Å²) < 4.78 is 96.1. The largest absolute Gasteiger partial charge is 0.439 e. The molecule has 0 aliphatic heterocycles. The number of benzene rings is 4. The number of alkyl halides is 6. The fourth-order valence-electron chi connectivity index (χ4n) is 6.06. The predicted octanol–water partition coefficient (Wildman–Crippen LogP) is 9.43. The first-order valence-corrected chi connectivity index (χ1v) is 18.0. The molecule has 318 valence electrons. The van der Waals surface area contributed by atoms with E-state index in [1.54, 1.807) is 31.2 Å². The van der Waals surface area contributed by atoms with Gasteiger partial charge in [0.2, 0.25) is 5.55 Å². The number of nitrogens with two attached hydrogens (primary N) is 3. The van der Waals surface area contributed by atoms with E-state index in [2.05, 4.69) is 9.73 Å². The zero-order valence-corrected chi connectivity index (χ0v) is 32.7. The van der Waals surface area contributed by atoms with Crippen LogP contribution in [0.4, 0.5) is 49.1 Å². The molecule has 0 atom stereocenters. The molecule has 0 fully saturated rings. The monoisotopic (exact) mass is 849 g/mol. The summed E-state index contributed by atoms with van der Waals surface area (Å²) >= 11 is 0. The van der Waals surface area contributed by atoms with Gasteiger partial charge in [-0.1, -0.05) is 0 Å². The number of aryl methyl sites for hydroxylation is 3. The van der Waals surface area contributed by atoms with Gasteiger partial charge in [0.1, 0.15) is 22.3 Å². The minimum atomic E-state index is -4.59. The third-order valence-corrected chi connectivity index (χ3v) is 8.81. The van der Waals surface area contributed by atoms with Gasteiger partial charge in [0.25, 0.3) is 0 Å². The van der Waals surface area contributed by atoms with Crippen LogP contribution in [0.5, 0.6) is 0 Å². The second kappa shape index (κ2) is 17.8. The second-order valence-electron chi connectivity index (χ2n) is 13.5. The molecule has 0 saturated carbocycles. The Labute approximate surface area is 340 Å². The normalized spacial score (nSPS) is 11.3. The molecule has 0 radical (unpaired) electrons. The summed E-state index contributed by atoms with van der Waals surface area (Å²) in [5, 5.41) is 12.0. The van der Waals surface area contributed by atoms with Crippen LogP contribution in [-0.4, -0.2) is 6.54 Å². The molecule has 4 heterocycles. The van der Waals surface area contributed by atoms with Crippen LogP contribution in [0.25, 0.3) is 43.9 Å². The number of nitrogen functional groups attached to an aromatic ring is 3. The van der Waals surface area contributed by atoms with Crippen molar-refractivity contribution in [2.75, 3.05) is 29.1 Å². The standard InChI is InChI=1S/C13H12F3NO2.C10H6F3NO2.C10H10N2O.C10H9NO2/c1-3-17-10-6-11-8(4-7(10)2)9(13(14,15)16)5-12(18)19-11;11-10(12,13)7-4-9(15)16-8-3-5(14)1-2-6(7)8;2*1-6-4-10(12)13-9-5-7(11)2-3-8(6)9/h4-6,17H,3H2,1-2H3;1-4H,14H2;2-5,12H,11H2,1H3;2-5H,11H2,1H3. The highest BCUT2D eigenvalue weighted by Gasteiger charge is 2.35. The average molecular weight is 850 g/mol.